The van der Waals surface area contributed by atoms with Crippen LogP contribution in [0.15, 0.2) is 65.1 Å². The van der Waals surface area contributed by atoms with Crippen molar-refractivity contribution >= 4 is 21.6 Å². The number of nitrogens with one attached hydrogen (secondary N) is 1. The minimum atomic E-state index is -0.250. The highest BCUT2D eigenvalue weighted by molar-refractivity contribution is 9.10. The van der Waals surface area contributed by atoms with Crippen molar-refractivity contribution in [3.63, 3.8) is 0 Å². The number of anilines is 1. The van der Waals surface area contributed by atoms with Gasteiger partial charge in [0.05, 0.1) is 11.6 Å². The van der Waals surface area contributed by atoms with Crippen molar-refractivity contribution < 1.29 is 13.9 Å². The molecular weight excluding hydrogens is 409 g/mol. The summed E-state index contributed by atoms with van der Waals surface area (Å²) in [6, 6.07) is 18.4. The van der Waals surface area contributed by atoms with Gasteiger partial charge in [0.2, 0.25) is 0 Å². The maximum absolute atomic E-state index is 13.0. The summed E-state index contributed by atoms with van der Waals surface area (Å²) in [6.07, 6.45) is 0. The normalized spacial score (nSPS) is 10.5. The molecule has 0 radical (unpaired) electrons. The molecule has 0 aromatic heterocycles. The fourth-order valence-corrected chi connectivity index (χ4v) is 3.35. The van der Waals surface area contributed by atoms with Gasteiger partial charge in [-0.1, -0.05) is 29.8 Å². The third-order valence-corrected chi connectivity index (χ3v) is 4.68. The first-order valence-electron chi connectivity index (χ1n) is 8.59. The quantitative estimate of drug-likeness (QED) is 0.492. The Labute approximate surface area is 167 Å². The van der Waals surface area contributed by atoms with Crippen LogP contribution < -0.4 is 14.8 Å². The van der Waals surface area contributed by atoms with Gasteiger partial charge in [-0.05, 0) is 70.4 Å². The molecule has 0 aliphatic carbocycles. The van der Waals surface area contributed by atoms with E-state index in [2.05, 4.69) is 40.3 Å². The summed E-state index contributed by atoms with van der Waals surface area (Å²) in [5.74, 6) is 1.08. The standard InChI is InChI=1S/C22H21BrFNO2/c1-15-4-3-5-16(10-15)14-27-22-20(23)11-17(12-21(22)26-2)13-25-19-8-6-18(24)7-9-19/h3-12,25H,13-14H2,1-2H3. The van der Waals surface area contributed by atoms with Crippen molar-refractivity contribution in [2.45, 2.75) is 20.1 Å². The number of hydrogen-bond donors (Lipinski definition) is 1. The Morgan fingerprint density at radius 1 is 1.00 bits per heavy atom. The first-order valence-corrected chi connectivity index (χ1v) is 9.38. The van der Waals surface area contributed by atoms with Crippen LogP contribution in [0.3, 0.4) is 0 Å². The van der Waals surface area contributed by atoms with E-state index in [1.54, 1.807) is 19.2 Å². The van der Waals surface area contributed by atoms with Gasteiger partial charge in [-0.2, -0.15) is 0 Å². The second-order valence-corrected chi connectivity index (χ2v) is 7.10. The Morgan fingerprint density at radius 2 is 1.78 bits per heavy atom. The molecule has 0 saturated carbocycles. The highest BCUT2D eigenvalue weighted by Gasteiger charge is 2.12. The SMILES string of the molecule is COc1cc(CNc2ccc(F)cc2)cc(Br)c1OCc1cccc(C)c1. The lowest BCUT2D eigenvalue weighted by molar-refractivity contribution is 0.282. The summed E-state index contributed by atoms with van der Waals surface area (Å²) in [7, 11) is 1.62. The maximum Gasteiger partial charge on any atom is 0.175 e. The molecule has 0 saturated heterocycles. The van der Waals surface area contributed by atoms with E-state index in [1.807, 2.05) is 24.3 Å². The van der Waals surface area contributed by atoms with Crippen LogP contribution in [0.1, 0.15) is 16.7 Å². The van der Waals surface area contributed by atoms with E-state index >= 15 is 0 Å². The van der Waals surface area contributed by atoms with Gasteiger partial charge < -0.3 is 14.8 Å². The number of ether oxygens (including phenoxy) is 2. The Morgan fingerprint density at radius 3 is 2.48 bits per heavy atom. The number of hydrogen-bond acceptors (Lipinski definition) is 3. The van der Waals surface area contributed by atoms with Crippen LogP contribution in [-0.2, 0) is 13.2 Å². The molecule has 140 valence electrons. The summed E-state index contributed by atoms with van der Waals surface area (Å²) in [5, 5.41) is 3.27. The van der Waals surface area contributed by atoms with E-state index < -0.39 is 0 Å². The number of aryl methyl sites for hydroxylation is 1. The van der Waals surface area contributed by atoms with Crippen molar-refractivity contribution in [1.82, 2.24) is 0 Å². The van der Waals surface area contributed by atoms with E-state index in [0.29, 0.717) is 24.7 Å². The minimum Gasteiger partial charge on any atom is -0.493 e. The largest absolute Gasteiger partial charge is 0.493 e. The molecule has 3 aromatic rings. The van der Waals surface area contributed by atoms with E-state index in [0.717, 1.165) is 21.3 Å². The smallest absolute Gasteiger partial charge is 0.175 e. The number of halogens is 2. The van der Waals surface area contributed by atoms with Crippen LogP contribution in [0.25, 0.3) is 0 Å². The van der Waals surface area contributed by atoms with Crippen LogP contribution in [-0.4, -0.2) is 7.11 Å². The van der Waals surface area contributed by atoms with Gasteiger partial charge >= 0.3 is 0 Å². The fraction of sp³-hybridized carbons (Fsp3) is 0.182. The van der Waals surface area contributed by atoms with Gasteiger partial charge in [0, 0.05) is 12.2 Å². The van der Waals surface area contributed by atoms with Gasteiger partial charge in [0.1, 0.15) is 12.4 Å². The average molecular weight is 430 g/mol. The van der Waals surface area contributed by atoms with E-state index in [1.165, 1.54) is 17.7 Å². The topological polar surface area (TPSA) is 30.5 Å². The molecule has 0 bridgehead atoms. The number of rotatable bonds is 7. The van der Waals surface area contributed by atoms with Crippen molar-refractivity contribution in [2.75, 3.05) is 12.4 Å². The molecule has 0 heterocycles. The summed E-state index contributed by atoms with van der Waals surface area (Å²) in [4.78, 5) is 0. The molecule has 0 amide bonds. The first kappa shape index (κ1) is 19.2. The lowest BCUT2D eigenvalue weighted by Gasteiger charge is -2.15. The van der Waals surface area contributed by atoms with Gasteiger partial charge in [-0.25, -0.2) is 4.39 Å². The molecule has 3 rings (SSSR count). The van der Waals surface area contributed by atoms with Crippen molar-refractivity contribution in [3.8, 4) is 11.5 Å². The zero-order valence-electron chi connectivity index (χ0n) is 15.3. The highest BCUT2D eigenvalue weighted by Crippen LogP contribution is 2.37. The highest BCUT2D eigenvalue weighted by atomic mass is 79.9. The Bertz CT molecular complexity index is 913. The molecule has 3 aromatic carbocycles. The third-order valence-electron chi connectivity index (χ3n) is 4.10. The Hall–Kier alpha value is -2.53. The van der Waals surface area contributed by atoms with Gasteiger partial charge in [-0.3, -0.25) is 0 Å². The van der Waals surface area contributed by atoms with Gasteiger partial charge in [0.25, 0.3) is 0 Å². The van der Waals surface area contributed by atoms with Crippen LogP contribution in [0.2, 0.25) is 0 Å². The van der Waals surface area contributed by atoms with Gasteiger partial charge in [0.15, 0.2) is 11.5 Å². The second kappa shape index (κ2) is 8.91. The maximum atomic E-state index is 13.0. The summed E-state index contributed by atoms with van der Waals surface area (Å²) in [6.45, 7) is 3.10. The van der Waals surface area contributed by atoms with Crippen LogP contribution in [0, 0.1) is 12.7 Å². The fourth-order valence-electron chi connectivity index (χ4n) is 2.74. The summed E-state index contributed by atoms with van der Waals surface area (Å²) in [5.41, 5.74) is 4.17. The molecular formula is C22H21BrFNO2. The molecule has 1 N–H and O–H groups in total. The monoisotopic (exact) mass is 429 g/mol. The molecule has 0 fully saturated rings. The lowest BCUT2D eigenvalue weighted by atomic mass is 10.1. The number of benzene rings is 3. The molecule has 0 aliphatic rings. The predicted octanol–water partition coefficient (Wildman–Crippen LogP) is 6.10. The Balaban J connectivity index is 1.71. The predicted molar refractivity (Wildman–Crippen MR) is 110 cm³/mol. The molecule has 5 heteroatoms. The molecule has 3 nitrogen and oxygen atoms in total. The van der Waals surface area contributed by atoms with Crippen molar-refractivity contribution in [3.05, 3.63) is 87.6 Å². The molecule has 0 unspecified atom stereocenters. The van der Waals surface area contributed by atoms with Crippen LogP contribution >= 0.6 is 15.9 Å². The van der Waals surface area contributed by atoms with Crippen molar-refractivity contribution in [1.29, 1.82) is 0 Å². The Kier molecular flexibility index (Phi) is 6.35. The molecule has 27 heavy (non-hydrogen) atoms. The van der Waals surface area contributed by atoms with Crippen LogP contribution in [0.5, 0.6) is 11.5 Å². The summed E-state index contributed by atoms with van der Waals surface area (Å²) < 4.78 is 25.3. The molecule has 0 spiro atoms. The zero-order valence-corrected chi connectivity index (χ0v) is 16.8. The lowest BCUT2D eigenvalue weighted by Crippen LogP contribution is -2.03. The van der Waals surface area contributed by atoms with Gasteiger partial charge in [-0.15, -0.1) is 0 Å². The van der Waals surface area contributed by atoms with E-state index in [4.69, 9.17) is 9.47 Å². The number of methoxy groups -OCH3 is 1. The van der Waals surface area contributed by atoms with E-state index in [9.17, 15) is 4.39 Å². The van der Waals surface area contributed by atoms with Crippen LogP contribution in [0.4, 0.5) is 10.1 Å². The third kappa shape index (κ3) is 5.23. The minimum absolute atomic E-state index is 0.250. The first-order chi connectivity index (χ1) is 13.0. The summed E-state index contributed by atoms with van der Waals surface area (Å²) >= 11 is 3.58. The average Bonchev–Trinajstić information content (AvgIpc) is 2.66. The van der Waals surface area contributed by atoms with E-state index in [-0.39, 0.29) is 5.82 Å². The molecule has 0 aliphatic heterocycles. The zero-order chi connectivity index (χ0) is 19.2. The van der Waals surface area contributed by atoms with Crippen molar-refractivity contribution in [2.24, 2.45) is 0 Å². The molecule has 0 atom stereocenters. The second-order valence-electron chi connectivity index (χ2n) is 6.25.